The Bertz CT molecular complexity index is 342. The van der Waals surface area contributed by atoms with Crippen LogP contribution in [0.5, 0.6) is 0 Å². The summed E-state index contributed by atoms with van der Waals surface area (Å²) in [4.78, 5) is 4.06. The fourth-order valence-corrected chi connectivity index (χ4v) is 3.36. The average Bonchev–Trinajstić information content (AvgIpc) is 2.46. The van der Waals surface area contributed by atoms with E-state index in [1.807, 2.05) is 12.4 Å². The highest BCUT2D eigenvalue weighted by Gasteiger charge is 2.25. The summed E-state index contributed by atoms with van der Waals surface area (Å²) in [7, 11) is 0. The number of hydrogen-bond acceptors (Lipinski definition) is 2. The summed E-state index contributed by atoms with van der Waals surface area (Å²) in [6.07, 6.45) is 14.4. The van der Waals surface area contributed by atoms with Gasteiger partial charge < -0.3 is 5.73 Å². The lowest BCUT2D eigenvalue weighted by atomic mass is 9.76. The third-order valence-electron chi connectivity index (χ3n) is 4.68. The van der Waals surface area contributed by atoms with Crippen LogP contribution in [0.15, 0.2) is 24.5 Å². The van der Waals surface area contributed by atoms with Gasteiger partial charge in [0.05, 0.1) is 0 Å². The van der Waals surface area contributed by atoms with Crippen LogP contribution in [0.2, 0.25) is 0 Å². The summed E-state index contributed by atoms with van der Waals surface area (Å²) in [5.74, 6) is 1.70. The molecule has 2 heteroatoms. The molecule has 1 fully saturated rings. The molecule has 0 bridgehead atoms. The van der Waals surface area contributed by atoms with Crippen molar-refractivity contribution in [3.05, 3.63) is 30.1 Å². The second-order valence-corrected chi connectivity index (χ2v) is 6.15. The van der Waals surface area contributed by atoms with Crippen LogP contribution < -0.4 is 5.73 Å². The van der Waals surface area contributed by atoms with Gasteiger partial charge in [0.1, 0.15) is 0 Å². The van der Waals surface area contributed by atoms with Crippen molar-refractivity contribution >= 4 is 0 Å². The van der Waals surface area contributed by atoms with E-state index in [0.29, 0.717) is 6.04 Å². The quantitative estimate of drug-likeness (QED) is 0.841. The topological polar surface area (TPSA) is 38.9 Å². The third-order valence-corrected chi connectivity index (χ3v) is 4.68. The molecule has 1 aromatic heterocycles. The molecule has 1 aliphatic rings. The number of aromatic nitrogens is 1. The first kappa shape index (κ1) is 14.5. The SMILES string of the molecule is CCCCC1CCC(C(N)Cc2ccncc2)CC1. The average molecular weight is 260 g/mol. The Morgan fingerprint density at radius 1 is 1.21 bits per heavy atom. The minimum absolute atomic E-state index is 0.328. The van der Waals surface area contributed by atoms with E-state index in [2.05, 4.69) is 24.0 Å². The second kappa shape index (κ2) is 7.64. The fourth-order valence-electron chi connectivity index (χ4n) is 3.36. The second-order valence-electron chi connectivity index (χ2n) is 6.15. The molecule has 1 unspecified atom stereocenters. The van der Waals surface area contributed by atoms with Gasteiger partial charge in [-0.25, -0.2) is 0 Å². The Morgan fingerprint density at radius 2 is 1.89 bits per heavy atom. The molecule has 1 saturated carbocycles. The van der Waals surface area contributed by atoms with Gasteiger partial charge in [0.25, 0.3) is 0 Å². The standard InChI is InChI=1S/C17H28N2/c1-2-3-4-14-5-7-16(8-6-14)17(18)13-15-9-11-19-12-10-15/h9-12,14,16-17H,2-8,13,18H2,1H3. The van der Waals surface area contributed by atoms with Crippen molar-refractivity contribution in [2.45, 2.75) is 64.3 Å². The predicted molar refractivity (Wildman–Crippen MR) is 80.9 cm³/mol. The molecule has 19 heavy (non-hydrogen) atoms. The largest absolute Gasteiger partial charge is 0.327 e. The van der Waals surface area contributed by atoms with Crippen molar-refractivity contribution in [2.75, 3.05) is 0 Å². The van der Waals surface area contributed by atoms with Crippen molar-refractivity contribution in [3.8, 4) is 0 Å². The Labute approximate surface area is 117 Å². The zero-order valence-corrected chi connectivity index (χ0v) is 12.2. The molecule has 1 heterocycles. The van der Waals surface area contributed by atoms with Gasteiger partial charge in [-0.1, -0.05) is 39.0 Å². The Hall–Kier alpha value is -0.890. The van der Waals surface area contributed by atoms with Gasteiger partial charge in [0.15, 0.2) is 0 Å². The monoisotopic (exact) mass is 260 g/mol. The Balaban J connectivity index is 1.74. The molecule has 1 aromatic rings. The number of nitrogens with two attached hydrogens (primary N) is 1. The number of unbranched alkanes of at least 4 members (excludes halogenated alkanes) is 1. The highest BCUT2D eigenvalue weighted by molar-refractivity contribution is 5.11. The van der Waals surface area contributed by atoms with Crippen molar-refractivity contribution in [2.24, 2.45) is 17.6 Å². The molecular weight excluding hydrogens is 232 g/mol. The van der Waals surface area contributed by atoms with Crippen LogP contribution in [0.4, 0.5) is 0 Å². The maximum atomic E-state index is 6.41. The van der Waals surface area contributed by atoms with E-state index >= 15 is 0 Å². The molecule has 0 spiro atoms. The van der Waals surface area contributed by atoms with Gasteiger partial charge in [-0.3, -0.25) is 4.98 Å². The van der Waals surface area contributed by atoms with Crippen LogP contribution in [0.3, 0.4) is 0 Å². The highest BCUT2D eigenvalue weighted by Crippen LogP contribution is 2.33. The molecule has 0 radical (unpaired) electrons. The van der Waals surface area contributed by atoms with E-state index in [4.69, 9.17) is 5.73 Å². The predicted octanol–water partition coefficient (Wildman–Crippen LogP) is 3.95. The highest BCUT2D eigenvalue weighted by atomic mass is 14.7. The van der Waals surface area contributed by atoms with E-state index < -0.39 is 0 Å². The maximum absolute atomic E-state index is 6.41. The normalized spacial score (nSPS) is 25.2. The molecule has 2 N–H and O–H groups in total. The van der Waals surface area contributed by atoms with Crippen LogP contribution in [0.1, 0.15) is 57.4 Å². The number of nitrogens with zero attached hydrogens (tertiary/aromatic N) is 1. The minimum atomic E-state index is 0.328. The van der Waals surface area contributed by atoms with E-state index in [0.717, 1.165) is 18.3 Å². The van der Waals surface area contributed by atoms with E-state index in [9.17, 15) is 0 Å². The van der Waals surface area contributed by atoms with Crippen molar-refractivity contribution in [3.63, 3.8) is 0 Å². The molecule has 106 valence electrons. The summed E-state index contributed by atoms with van der Waals surface area (Å²) in [5.41, 5.74) is 7.73. The number of hydrogen-bond donors (Lipinski definition) is 1. The summed E-state index contributed by atoms with van der Waals surface area (Å²) in [6.45, 7) is 2.29. The molecule has 0 amide bonds. The lowest BCUT2D eigenvalue weighted by Gasteiger charge is -2.32. The Kier molecular flexibility index (Phi) is 5.84. The van der Waals surface area contributed by atoms with Crippen molar-refractivity contribution < 1.29 is 0 Å². The third kappa shape index (κ3) is 4.61. The summed E-state index contributed by atoms with van der Waals surface area (Å²) >= 11 is 0. The van der Waals surface area contributed by atoms with Crippen LogP contribution >= 0.6 is 0 Å². The molecule has 1 atom stereocenters. The summed E-state index contributed by atoms with van der Waals surface area (Å²) < 4.78 is 0. The zero-order chi connectivity index (χ0) is 13.5. The minimum Gasteiger partial charge on any atom is -0.327 e. The van der Waals surface area contributed by atoms with Crippen LogP contribution in [-0.4, -0.2) is 11.0 Å². The first-order chi connectivity index (χ1) is 9.29. The molecule has 1 aliphatic carbocycles. The molecule has 0 aliphatic heterocycles. The van der Waals surface area contributed by atoms with Gasteiger partial charge >= 0.3 is 0 Å². The Morgan fingerprint density at radius 3 is 2.53 bits per heavy atom. The van der Waals surface area contributed by atoms with Crippen LogP contribution in [0.25, 0.3) is 0 Å². The molecule has 2 rings (SSSR count). The smallest absolute Gasteiger partial charge is 0.0270 e. The van der Waals surface area contributed by atoms with E-state index in [1.54, 1.807) is 0 Å². The maximum Gasteiger partial charge on any atom is 0.0270 e. The number of rotatable bonds is 6. The molecule has 0 aromatic carbocycles. The van der Waals surface area contributed by atoms with Crippen molar-refractivity contribution in [1.82, 2.24) is 4.98 Å². The first-order valence-electron chi connectivity index (χ1n) is 7.94. The van der Waals surface area contributed by atoms with E-state index in [1.165, 1.54) is 50.5 Å². The lowest BCUT2D eigenvalue weighted by Crippen LogP contribution is -2.34. The summed E-state index contributed by atoms with van der Waals surface area (Å²) in [6, 6.07) is 4.51. The first-order valence-corrected chi connectivity index (χ1v) is 7.94. The van der Waals surface area contributed by atoms with Crippen molar-refractivity contribution in [1.29, 1.82) is 0 Å². The number of pyridine rings is 1. The molecular formula is C17H28N2. The van der Waals surface area contributed by atoms with Gasteiger partial charge in [-0.2, -0.15) is 0 Å². The lowest BCUT2D eigenvalue weighted by molar-refractivity contribution is 0.231. The van der Waals surface area contributed by atoms with Gasteiger partial charge in [-0.05, 0) is 48.8 Å². The van der Waals surface area contributed by atoms with Gasteiger partial charge in [0.2, 0.25) is 0 Å². The van der Waals surface area contributed by atoms with Gasteiger partial charge in [0, 0.05) is 18.4 Å². The van der Waals surface area contributed by atoms with Crippen LogP contribution in [0, 0.1) is 11.8 Å². The van der Waals surface area contributed by atoms with Crippen LogP contribution in [-0.2, 0) is 6.42 Å². The van der Waals surface area contributed by atoms with E-state index in [-0.39, 0.29) is 0 Å². The fraction of sp³-hybridized carbons (Fsp3) is 0.706. The molecule has 0 saturated heterocycles. The summed E-state index contributed by atoms with van der Waals surface area (Å²) in [5, 5.41) is 0. The zero-order valence-electron chi connectivity index (χ0n) is 12.2. The van der Waals surface area contributed by atoms with Gasteiger partial charge in [-0.15, -0.1) is 0 Å². The molecule has 2 nitrogen and oxygen atoms in total.